The molecule has 5 nitrogen and oxygen atoms in total. The summed E-state index contributed by atoms with van der Waals surface area (Å²) >= 11 is 0. The number of benzene rings is 2. The molecule has 142 valence electrons. The number of hydrogen-bond acceptors (Lipinski definition) is 4. The van der Waals surface area contributed by atoms with Gasteiger partial charge in [0.25, 0.3) is 5.91 Å². The minimum absolute atomic E-state index is 0.177. The lowest BCUT2D eigenvalue weighted by Crippen LogP contribution is -2.29. The number of nitrogens with two attached hydrogens (primary N) is 1. The molecule has 2 aliphatic rings. The van der Waals surface area contributed by atoms with Crippen LogP contribution in [0.1, 0.15) is 36.5 Å². The van der Waals surface area contributed by atoms with Crippen molar-refractivity contribution in [2.45, 2.75) is 32.3 Å². The van der Waals surface area contributed by atoms with E-state index in [1.807, 2.05) is 24.3 Å². The van der Waals surface area contributed by atoms with Crippen molar-refractivity contribution in [3.63, 3.8) is 0 Å². The zero-order valence-corrected chi connectivity index (χ0v) is 15.8. The normalized spacial score (nSPS) is 21.0. The summed E-state index contributed by atoms with van der Waals surface area (Å²) in [5.74, 6) is 0.638. The minimum atomic E-state index is -0.177. The van der Waals surface area contributed by atoms with Crippen molar-refractivity contribution in [1.82, 2.24) is 4.90 Å². The highest BCUT2D eigenvalue weighted by Crippen LogP contribution is 2.45. The standard InChI is InChI=1S/C22H27N3O2/c1-22(11-12-22)15-25-13-10-18(14-25)27-17-8-6-16(7-9-17)21(26)24-20-5-3-2-4-19(20)23/h2-9,18H,10-15,23H2,1H3,(H,24,26)/t18-/m1/s1. The Kier molecular flexibility index (Phi) is 4.79. The van der Waals surface area contributed by atoms with Crippen LogP contribution in [0, 0.1) is 5.41 Å². The predicted molar refractivity (Wildman–Crippen MR) is 108 cm³/mol. The third-order valence-electron chi connectivity index (χ3n) is 5.57. The van der Waals surface area contributed by atoms with Crippen molar-refractivity contribution in [2.24, 2.45) is 5.41 Å². The van der Waals surface area contributed by atoms with Crippen molar-refractivity contribution >= 4 is 17.3 Å². The van der Waals surface area contributed by atoms with E-state index in [2.05, 4.69) is 17.1 Å². The first kappa shape index (κ1) is 17.9. The molecule has 0 radical (unpaired) electrons. The summed E-state index contributed by atoms with van der Waals surface area (Å²) in [6.45, 7) is 5.66. The van der Waals surface area contributed by atoms with E-state index in [4.69, 9.17) is 10.5 Å². The number of hydrogen-bond donors (Lipinski definition) is 2. The zero-order chi connectivity index (χ0) is 18.9. The molecule has 5 heteroatoms. The Morgan fingerprint density at radius 3 is 2.67 bits per heavy atom. The van der Waals surface area contributed by atoms with E-state index in [1.54, 1.807) is 24.3 Å². The molecule has 1 aliphatic heterocycles. The largest absolute Gasteiger partial charge is 0.489 e. The lowest BCUT2D eigenvalue weighted by Gasteiger charge is -2.20. The summed E-state index contributed by atoms with van der Waals surface area (Å²) in [4.78, 5) is 14.9. The molecule has 0 unspecified atom stereocenters. The highest BCUT2D eigenvalue weighted by Gasteiger charge is 2.40. The van der Waals surface area contributed by atoms with Crippen molar-refractivity contribution in [3.8, 4) is 5.75 Å². The fourth-order valence-electron chi connectivity index (χ4n) is 3.63. The number of anilines is 2. The Morgan fingerprint density at radius 1 is 1.22 bits per heavy atom. The molecule has 1 atom stereocenters. The third kappa shape index (κ3) is 4.42. The van der Waals surface area contributed by atoms with Gasteiger partial charge in [0.15, 0.2) is 0 Å². The van der Waals surface area contributed by atoms with E-state index in [9.17, 15) is 4.79 Å². The number of nitrogens with zero attached hydrogens (tertiary/aromatic N) is 1. The van der Waals surface area contributed by atoms with Gasteiger partial charge < -0.3 is 15.8 Å². The summed E-state index contributed by atoms with van der Waals surface area (Å²) in [6, 6.07) is 14.6. The number of ether oxygens (including phenoxy) is 1. The quantitative estimate of drug-likeness (QED) is 0.765. The van der Waals surface area contributed by atoms with E-state index in [0.29, 0.717) is 22.4 Å². The molecule has 0 aromatic heterocycles. The molecule has 0 spiro atoms. The maximum Gasteiger partial charge on any atom is 0.255 e. The van der Waals surface area contributed by atoms with E-state index in [1.165, 1.54) is 19.4 Å². The number of nitrogens with one attached hydrogen (secondary N) is 1. The van der Waals surface area contributed by atoms with Crippen LogP contribution in [-0.4, -0.2) is 36.5 Å². The molecule has 1 heterocycles. The van der Waals surface area contributed by atoms with Crippen molar-refractivity contribution in [3.05, 3.63) is 54.1 Å². The molecule has 2 aromatic carbocycles. The first-order chi connectivity index (χ1) is 13.0. The number of rotatable bonds is 6. The summed E-state index contributed by atoms with van der Waals surface area (Å²) in [5, 5.41) is 2.84. The number of likely N-dealkylation sites (tertiary alicyclic amines) is 1. The van der Waals surface area contributed by atoms with Gasteiger partial charge in [-0.15, -0.1) is 0 Å². The summed E-state index contributed by atoms with van der Waals surface area (Å²) in [6.07, 6.45) is 4.00. The molecule has 0 bridgehead atoms. The van der Waals surface area contributed by atoms with Crippen LogP contribution in [0.15, 0.2) is 48.5 Å². The first-order valence-electron chi connectivity index (χ1n) is 9.66. The summed E-state index contributed by atoms with van der Waals surface area (Å²) < 4.78 is 6.12. The van der Waals surface area contributed by atoms with E-state index in [0.717, 1.165) is 25.3 Å². The van der Waals surface area contributed by atoms with Gasteiger partial charge in [-0.2, -0.15) is 0 Å². The van der Waals surface area contributed by atoms with Gasteiger partial charge in [-0.25, -0.2) is 0 Å². The molecule has 1 aliphatic carbocycles. The van der Waals surface area contributed by atoms with Crippen molar-refractivity contribution < 1.29 is 9.53 Å². The molecule has 1 amide bonds. The second kappa shape index (κ2) is 7.24. The molecule has 1 saturated carbocycles. The van der Waals surface area contributed by atoms with Crippen LogP contribution in [0.25, 0.3) is 0 Å². The molecule has 4 rings (SSSR count). The third-order valence-corrected chi connectivity index (χ3v) is 5.57. The van der Waals surface area contributed by atoms with E-state index >= 15 is 0 Å². The van der Waals surface area contributed by atoms with Crippen LogP contribution in [0.4, 0.5) is 11.4 Å². The second-order valence-electron chi connectivity index (χ2n) is 8.14. The summed E-state index contributed by atoms with van der Waals surface area (Å²) in [5.41, 5.74) is 8.18. The SMILES string of the molecule is CC1(CN2CC[C@@H](Oc3ccc(C(=O)Nc4ccccc4N)cc3)C2)CC1. The van der Waals surface area contributed by atoms with Crippen LogP contribution in [0.5, 0.6) is 5.75 Å². The molecule has 27 heavy (non-hydrogen) atoms. The highest BCUT2D eigenvalue weighted by atomic mass is 16.5. The lowest BCUT2D eigenvalue weighted by molar-refractivity contribution is 0.102. The van der Waals surface area contributed by atoms with Crippen molar-refractivity contribution in [1.29, 1.82) is 0 Å². The van der Waals surface area contributed by atoms with Crippen LogP contribution >= 0.6 is 0 Å². The topological polar surface area (TPSA) is 67.6 Å². The maximum atomic E-state index is 12.4. The smallest absolute Gasteiger partial charge is 0.255 e. The van der Waals surface area contributed by atoms with Crippen LogP contribution in [0.2, 0.25) is 0 Å². The molecule has 1 saturated heterocycles. The maximum absolute atomic E-state index is 12.4. The zero-order valence-electron chi connectivity index (χ0n) is 15.8. The van der Waals surface area contributed by atoms with Crippen LogP contribution in [-0.2, 0) is 0 Å². The Labute approximate surface area is 160 Å². The van der Waals surface area contributed by atoms with Crippen LogP contribution < -0.4 is 15.8 Å². The fraction of sp³-hybridized carbons (Fsp3) is 0.409. The highest BCUT2D eigenvalue weighted by molar-refractivity contribution is 6.05. The number of amides is 1. The fourth-order valence-corrected chi connectivity index (χ4v) is 3.63. The molecule has 2 fully saturated rings. The first-order valence-corrected chi connectivity index (χ1v) is 9.66. The van der Waals surface area contributed by atoms with E-state index in [-0.39, 0.29) is 12.0 Å². The molecule has 3 N–H and O–H groups in total. The lowest BCUT2D eigenvalue weighted by atomic mass is 10.1. The molecule has 2 aromatic rings. The van der Waals surface area contributed by atoms with Crippen LogP contribution in [0.3, 0.4) is 0 Å². The Bertz CT molecular complexity index is 815. The van der Waals surface area contributed by atoms with Gasteiger partial charge in [-0.3, -0.25) is 9.69 Å². The van der Waals surface area contributed by atoms with Gasteiger partial charge in [-0.05, 0) is 61.1 Å². The molecular formula is C22H27N3O2. The second-order valence-corrected chi connectivity index (χ2v) is 8.14. The Hall–Kier alpha value is -2.53. The van der Waals surface area contributed by atoms with E-state index < -0.39 is 0 Å². The average molecular weight is 365 g/mol. The van der Waals surface area contributed by atoms with Crippen molar-refractivity contribution in [2.75, 3.05) is 30.7 Å². The molecular weight excluding hydrogens is 338 g/mol. The number of para-hydroxylation sites is 2. The summed E-state index contributed by atoms with van der Waals surface area (Å²) in [7, 11) is 0. The minimum Gasteiger partial charge on any atom is -0.489 e. The van der Waals surface area contributed by atoms with Gasteiger partial charge in [-0.1, -0.05) is 19.1 Å². The number of carbonyl (C=O) groups excluding carboxylic acids is 1. The average Bonchev–Trinajstić information content (AvgIpc) is 3.22. The van der Waals surface area contributed by atoms with Gasteiger partial charge >= 0.3 is 0 Å². The Balaban J connectivity index is 1.31. The predicted octanol–water partition coefficient (Wildman–Crippen LogP) is 3.77. The van der Waals surface area contributed by atoms with Gasteiger partial charge in [0, 0.05) is 25.2 Å². The van der Waals surface area contributed by atoms with Gasteiger partial charge in [0.1, 0.15) is 11.9 Å². The van der Waals surface area contributed by atoms with Gasteiger partial charge in [0.2, 0.25) is 0 Å². The number of nitrogen functional groups attached to an aromatic ring is 1. The number of carbonyl (C=O) groups is 1. The monoisotopic (exact) mass is 365 g/mol. The Morgan fingerprint density at radius 2 is 1.96 bits per heavy atom. The van der Waals surface area contributed by atoms with Gasteiger partial charge in [0.05, 0.1) is 11.4 Å².